The Labute approximate surface area is 817 Å². The molecule has 2 aromatic rings. The van der Waals surface area contributed by atoms with Crippen LogP contribution in [0.1, 0.15) is 257 Å². The Morgan fingerprint density at radius 1 is 0.444 bits per heavy atom. The minimum atomic E-state index is -3.92. The van der Waals surface area contributed by atoms with Crippen LogP contribution in [-0.4, -0.2) is 270 Å². The van der Waals surface area contributed by atoms with E-state index in [4.69, 9.17) is 134 Å². The van der Waals surface area contributed by atoms with Crippen molar-refractivity contribution in [2.45, 2.75) is 276 Å². The van der Waals surface area contributed by atoms with Crippen LogP contribution in [0, 0.1) is 0 Å². The summed E-state index contributed by atoms with van der Waals surface area (Å²) in [5.74, 6) is 0. The van der Waals surface area contributed by atoms with Crippen LogP contribution >= 0.6 is 121 Å². The molecule has 2 aromatic heterocycles. The molecule has 0 bridgehead atoms. The third kappa shape index (κ3) is 140. The number of quaternary nitrogens is 6. The van der Waals surface area contributed by atoms with Crippen molar-refractivity contribution in [2.75, 3.05) is 162 Å². The molecule has 2 aliphatic heterocycles. The molecule has 17 nitrogen and oxygen atoms in total. The van der Waals surface area contributed by atoms with Gasteiger partial charge in [0.2, 0.25) is 12.7 Å². The first-order chi connectivity index (χ1) is 52.9. The molecule has 2 fully saturated rings. The topological polar surface area (TPSA) is 118 Å². The zero-order chi connectivity index (χ0) is 89.1. The molecule has 0 atom stereocenters. The van der Waals surface area contributed by atoms with Crippen LogP contribution in [0.3, 0.4) is 0 Å². The van der Waals surface area contributed by atoms with Gasteiger partial charge < -0.3 is 103 Å². The van der Waals surface area contributed by atoms with Crippen LogP contribution in [0.4, 0.5) is 0 Å². The molecular formula is C79H177Al4Cl16N14O3S+3. The number of rotatable bonds is 31. The molecule has 0 saturated heterocycles. The molecule has 4 heterocycles. The van der Waals surface area contributed by atoms with E-state index < -0.39 is 55.7 Å². The average Bonchev–Trinajstić information content (AvgIpc) is 1.91. The van der Waals surface area contributed by atoms with Gasteiger partial charge in [0, 0.05) is 58.2 Å². The number of nitrogens with two attached hydrogens (primary N) is 1. The van der Waals surface area contributed by atoms with Gasteiger partial charge in [0.15, 0.2) is 0 Å². The van der Waals surface area contributed by atoms with Gasteiger partial charge >= 0.3 is 45.5 Å². The Balaban J connectivity index is -0.0000000915. The lowest BCUT2D eigenvalue weighted by atomic mass is 9.94. The second-order valence-electron chi connectivity index (χ2n) is 30.6. The molecule has 2 saturated carbocycles. The van der Waals surface area contributed by atoms with Gasteiger partial charge in [0.05, 0.1) is 178 Å². The van der Waals surface area contributed by atoms with Crippen molar-refractivity contribution in [2.24, 2.45) is 21.1 Å². The summed E-state index contributed by atoms with van der Waals surface area (Å²) < 4.78 is 37.8. The number of aryl methyl sites for hydroxylation is 4. The van der Waals surface area contributed by atoms with E-state index in [-0.39, 0.29) is 49.6 Å². The number of halogens is 16. The molecule has 0 amide bonds. The summed E-state index contributed by atoms with van der Waals surface area (Å²) in [5, 5.41) is 2.00. The van der Waals surface area contributed by atoms with Gasteiger partial charge in [0.1, 0.15) is 24.8 Å². The SMILES string of the molecule is CCCCN1C=CN(C)C1.CCCC[N+](C)(CCCC)CCCC.CCCC[NH+](CCCC)CCCC.CCCCn1cc[n+](C)c1.CCN1C=CN(C)C1.CC[NH+](CC)C1CCCCC1.CC[NH+](CC)C1CCCCC1.CS(=O)(=O)[O-].C[N+](C)(C)C.C[NH2+]C.Cn1cc[n+](C)c1.[Cl-].[Cl-].[Cl-].[Cl-].[Cl][Al]([Cl])[Cl].[Cl][Al]([Cl])[Cl].[Cl][Al]([Cl])[Cl].[Cl][Al]([Cl])[Cl]. The quantitative estimate of drug-likeness (QED) is 0.0373. The summed E-state index contributed by atoms with van der Waals surface area (Å²) >= 11 is -6.89. The molecule has 2 aliphatic carbocycles. The fraction of sp³-hybridized carbons (Fsp3) is 0.873. The van der Waals surface area contributed by atoms with Crippen molar-refractivity contribution in [3.8, 4) is 0 Å². The van der Waals surface area contributed by atoms with E-state index in [1.54, 1.807) is 0 Å². The number of unbranched alkanes of at least 4 members (excludes halogenated alkanes) is 8. The van der Waals surface area contributed by atoms with Crippen LogP contribution in [-0.2, 0) is 37.8 Å². The Bertz CT molecular complexity index is 2220. The lowest BCUT2D eigenvalue weighted by Gasteiger charge is -2.34. The van der Waals surface area contributed by atoms with Crippen molar-refractivity contribution in [1.29, 1.82) is 0 Å². The minimum Gasteiger partial charge on any atom is -1.00 e. The molecule has 0 aromatic carbocycles. The van der Waals surface area contributed by atoms with Gasteiger partial charge in [-0.2, -0.15) is 0 Å². The first-order valence-corrected chi connectivity index (χ1v) is 65.4. The van der Waals surface area contributed by atoms with Gasteiger partial charge in [-0.15, -0.1) is 0 Å². The van der Waals surface area contributed by atoms with Gasteiger partial charge in [0.25, 0.3) is 0 Å². The summed E-state index contributed by atoms with van der Waals surface area (Å²) in [6, 6.07) is 2.00. The van der Waals surface area contributed by atoms with E-state index >= 15 is 0 Å². The zero-order valence-electron chi connectivity index (χ0n) is 78.5. The monoisotopic (exact) mass is 2070 g/mol. The standard InChI is InChI=1S/C13H30N.C12H27N.2C10H21N.C8H16N2.C8H15N2.C6H12N2.C5H9N2.C4H12N.C2H7N.CH4O3S.4Al.16ClH/c1-5-8-11-14(4,12-9-6-2)13-10-7-3;1-4-7-10-13(11-8-5-2)12-9-6-3;2*1-3-11(4-2)10-8-6-5-7-9-10;2*1-3-4-5-10-7-6-9(2)8-10;1-3-8-5-4-7(2)6-8;1-6-3-4-7(2)5-6;1-5(2,3)4;1-3-2;1-5(2,3)4;;;;;;;;;;;;;;;;;;;;/h5-13H2,1-4H3;4-12H2,1-3H3;2*10H,3-9H2,1-2H3;6-7H,3-5,8H2,1-2H3;6-8H,3-5H2,1-2H3;4-5H,3,6H2,1-2H3;3-5H,1-2H3;1-4H3;3H,1-2H3;1H3,(H,2,3,4);;;;;16*1H/q+1;;;;;+1;;2*+1;;;4*+3;;;;;;;;;;;;;;;;/p-13. The van der Waals surface area contributed by atoms with Gasteiger partial charge in [-0.1, -0.05) is 120 Å². The third-order valence-corrected chi connectivity index (χ3v) is 17.6. The van der Waals surface area contributed by atoms with Crippen LogP contribution < -0.4 is 78.8 Å². The van der Waals surface area contributed by atoms with Crippen LogP contribution in [0.5, 0.6) is 0 Å². The number of aromatic nitrogens is 4. The summed E-state index contributed by atoms with van der Waals surface area (Å²) in [6.07, 6.45) is 57.8. The maximum Gasteiger partial charge on any atom is 0.643 e. The lowest BCUT2D eigenvalue weighted by molar-refractivity contribution is -0.923. The Morgan fingerprint density at radius 3 is 0.906 bits per heavy atom. The van der Waals surface area contributed by atoms with E-state index in [9.17, 15) is 0 Å². The summed E-state index contributed by atoms with van der Waals surface area (Å²) in [5.41, 5.74) is 0. The third-order valence-electron chi connectivity index (χ3n) is 17.6. The maximum atomic E-state index is 9.08. The number of imidazole rings is 2. The molecule has 0 radical (unpaired) electrons. The van der Waals surface area contributed by atoms with Crippen LogP contribution in [0.15, 0.2) is 62.2 Å². The van der Waals surface area contributed by atoms with E-state index in [0.29, 0.717) is 6.26 Å². The predicted molar refractivity (Wildman–Crippen MR) is 515 cm³/mol. The molecular weight excluding hydrogens is 1900 g/mol. The van der Waals surface area contributed by atoms with E-state index in [0.717, 1.165) is 43.0 Å². The van der Waals surface area contributed by atoms with Gasteiger partial charge in [-0.3, -0.25) is 0 Å². The highest BCUT2D eigenvalue weighted by Gasteiger charge is 2.23. The van der Waals surface area contributed by atoms with Crippen molar-refractivity contribution < 1.29 is 101 Å². The molecule has 4 aliphatic rings. The van der Waals surface area contributed by atoms with Crippen molar-refractivity contribution in [1.82, 2.24) is 28.7 Å². The summed E-state index contributed by atoms with van der Waals surface area (Å²) in [6.45, 7) is 48.8. The largest absolute Gasteiger partial charge is 1.00 e. The number of hydrogen-bond acceptors (Lipinski definition) is 7. The van der Waals surface area contributed by atoms with E-state index in [1.165, 1.54) is 243 Å². The maximum absolute atomic E-state index is 9.08. The molecule has 5 N–H and O–H groups in total. The first-order valence-electron chi connectivity index (χ1n) is 42.6. The second kappa shape index (κ2) is 108. The van der Waals surface area contributed by atoms with Crippen LogP contribution in [0.25, 0.3) is 0 Å². The Hall–Kier alpha value is 3.54. The van der Waals surface area contributed by atoms with Gasteiger partial charge in [-0.05, 0) is 137 Å². The van der Waals surface area contributed by atoms with Crippen LogP contribution in [0.2, 0.25) is 0 Å². The molecule has 708 valence electrons. The zero-order valence-corrected chi connectivity index (χ0v) is 96.0. The smallest absolute Gasteiger partial charge is 0.643 e. The molecule has 6 rings (SSSR count). The van der Waals surface area contributed by atoms with Crippen molar-refractivity contribution >= 4 is 176 Å². The fourth-order valence-electron chi connectivity index (χ4n) is 11.7. The number of hydrogen-bond donors (Lipinski definition) is 4. The fourth-order valence-corrected chi connectivity index (χ4v) is 11.7. The highest BCUT2D eigenvalue weighted by Crippen LogP contribution is 2.17. The van der Waals surface area contributed by atoms with Gasteiger partial charge in [-0.25, -0.2) is 147 Å². The first kappa shape index (κ1) is 149. The molecule has 0 spiro atoms. The number of nitrogens with one attached hydrogen (secondary N) is 3. The normalized spacial score (nSPS) is 12.8. The lowest BCUT2D eigenvalue weighted by Crippen LogP contribution is -3.15. The molecule has 38 heteroatoms. The highest BCUT2D eigenvalue weighted by atomic mass is 35.8. The summed E-state index contributed by atoms with van der Waals surface area (Å²) in [4.78, 5) is 14.4. The van der Waals surface area contributed by atoms with Crippen molar-refractivity contribution in [3.63, 3.8) is 0 Å². The second-order valence-corrected chi connectivity index (χ2v) is 57.8. The predicted octanol–water partition coefficient (Wildman–Crippen LogP) is 4.76. The highest BCUT2D eigenvalue weighted by molar-refractivity contribution is 7.84. The molecule has 0 unspecified atom stereocenters. The Kier molecular flexibility index (Phi) is 138. The molecule has 117 heavy (non-hydrogen) atoms. The van der Waals surface area contributed by atoms with E-state index in [1.807, 2.05) is 83.1 Å². The van der Waals surface area contributed by atoms with Crippen molar-refractivity contribution in [3.05, 3.63) is 62.2 Å². The minimum absolute atomic E-state index is 0. The average molecular weight is 2080 g/mol. The number of nitrogens with zero attached hydrogens (tertiary/aromatic N) is 10. The Morgan fingerprint density at radius 2 is 0.709 bits per heavy atom. The summed E-state index contributed by atoms with van der Waals surface area (Å²) in [7, 11) is 80.6. The van der Waals surface area contributed by atoms with E-state index in [2.05, 4.69) is 212 Å².